The van der Waals surface area contributed by atoms with Gasteiger partial charge in [0.2, 0.25) is 5.91 Å². The van der Waals surface area contributed by atoms with Crippen LogP contribution in [0.25, 0.3) is 0 Å². The van der Waals surface area contributed by atoms with Gasteiger partial charge in [-0.3, -0.25) is 4.79 Å². The van der Waals surface area contributed by atoms with Crippen molar-refractivity contribution in [2.24, 2.45) is 0 Å². The zero-order chi connectivity index (χ0) is 15.2. The summed E-state index contributed by atoms with van der Waals surface area (Å²) in [6, 6.07) is 15.4. The minimum absolute atomic E-state index is 0.0204. The number of anilines is 1. The summed E-state index contributed by atoms with van der Waals surface area (Å²) in [5, 5.41) is 3.66. The molecule has 0 fully saturated rings. The normalized spacial score (nSPS) is 10.7. The summed E-state index contributed by atoms with van der Waals surface area (Å²) in [6.45, 7) is 4.23. The average Bonchev–Trinajstić information content (AvgIpc) is 2.47. The molecule has 0 spiro atoms. The molecule has 0 saturated carbocycles. The van der Waals surface area contributed by atoms with Crippen LogP contribution in [0.1, 0.15) is 25.3 Å². The SMILES string of the molecule is CC(C)c1ccccc1NC(=O)CSc1ccccc1Cl. The van der Waals surface area contributed by atoms with E-state index in [1.165, 1.54) is 11.8 Å². The predicted molar refractivity (Wildman–Crippen MR) is 91.3 cm³/mol. The van der Waals surface area contributed by atoms with Crippen LogP contribution in [0.2, 0.25) is 5.02 Å². The van der Waals surface area contributed by atoms with Gasteiger partial charge in [-0.15, -0.1) is 11.8 Å². The van der Waals surface area contributed by atoms with Crippen molar-refractivity contribution < 1.29 is 4.79 Å². The second-order valence-electron chi connectivity index (χ2n) is 5.01. The second kappa shape index (κ2) is 7.53. The molecule has 0 aromatic heterocycles. The summed E-state index contributed by atoms with van der Waals surface area (Å²) < 4.78 is 0. The molecule has 0 saturated heterocycles. The largest absolute Gasteiger partial charge is 0.325 e. The number of para-hydroxylation sites is 1. The van der Waals surface area contributed by atoms with Crippen molar-refractivity contribution in [2.45, 2.75) is 24.7 Å². The van der Waals surface area contributed by atoms with Gasteiger partial charge in [0.1, 0.15) is 0 Å². The standard InChI is InChI=1S/C17H18ClNOS/c1-12(2)13-7-3-5-9-15(13)19-17(20)11-21-16-10-6-4-8-14(16)18/h3-10,12H,11H2,1-2H3,(H,19,20). The van der Waals surface area contributed by atoms with Gasteiger partial charge in [-0.1, -0.05) is 55.8 Å². The Balaban J connectivity index is 1.98. The Hall–Kier alpha value is -1.45. The molecule has 1 amide bonds. The molecule has 0 atom stereocenters. The highest BCUT2D eigenvalue weighted by molar-refractivity contribution is 8.00. The molecule has 0 radical (unpaired) electrons. The van der Waals surface area contributed by atoms with Crippen LogP contribution in [-0.4, -0.2) is 11.7 Å². The van der Waals surface area contributed by atoms with Crippen LogP contribution in [-0.2, 0) is 4.79 Å². The van der Waals surface area contributed by atoms with Gasteiger partial charge in [0.25, 0.3) is 0 Å². The average molecular weight is 320 g/mol. The maximum atomic E-state index is 12.1. The maximum absolute atomic E-state index is 12.1. The molecule has 0 heterocycles. The summed E-state index contributed by atoms with van der Waals surface area (Å²) in [4.78, 5) is 13.0. The number of thioether (sulfide) groups is 1. The van der Waals surface area contributed by atoms with E-state index < -0.39 is 0 Å². The number of carbonyl (C=O) groups is 1. The van der Waals surface area contributed by atoms with Gasteiger partial charge in [-0.05, 0) is 29.7 Å². The van der Waals surface area contributed by atoms with Crippen LogP contribution < -0.4 is 5.32 Å². The molecular weight excluding hydrogens is 302 g/mol. The van der Waals surface area contributed by atoms with Crippen molar-refractivity contribution in [2.75, 3.05) is 11.1 Å². The molecule has 2 aromatic rings. The quantitative estimate of drug-likeness (QED) is 0.768. The molecular formula is C17H18ClNOS. The van der Waals surface area contributed by atoms with E-state index in [1.807, 2.05) is 48.5 Å². The van der Waals surface area contributed by atoms with Crippen LogP contribution in [0.3, 0.4) is 0 Å². The Morgan fingerprint density at radius 1 is 1.14 bits per heavy atom. The van der Waals surface area contributed by atoms with Crippen molar-refractivity contribution in [1.82, 2.24) is 0 Å². The summed E-state index contributed by atoms with van der Waals surface area (Å²) in [5.41, 5.74) is 2.03. The zero-order valence-corrected chi connectivity index (χ0v) is 13.7. The number of rotatable bonds is 5. The van der Waals surface area contributed by atoms with Crippen molar-refractivity contribution in [3.63, 3.8) is 0 Å². The number of halogens is 1. The highest BCUT2D eigenvalue weighted by Gasteiger charge is 2.10. The summed E-state index contributed by atoms with van der Waals surface area (Å²) in [7, 11) is 0. The fraction of sp³-hybridized carbons (Fsp3) is 0.235. The Morgan fingerprint density at radius 2 is 1.81 bits per heavy atom. The van der Waals surface area contributed by atoms with E-state index in [0.29, 0.717) is 16.7 Å². The fourth-order valence-electron chi connectivity index (χ4n) is 2.01. The molecule has 0 unspecified atom stereocenters. The topological polar surface area (TPSA) is 29.1 Å². The van der Waals surface area contributed by atoms with E-state index in [2.05, 4.69) is 19.2 Å². The Bertz CT molecular complexity index is 628. The first-order valence-corrected chi connectivity index (χ1v) is 8.20. The lowest BCUT2D eigenvalue weighted by molar-refractivity contribution is -0.113. The monoisotopic (exact) mass is 319 g/mol. The lowest BCUT2D eigenvalue weighted by Gasteiger charge is -2.13. The van der Waals surface area contributed by atoms with E-state index in [1.54, 1.807) is 0 Å². The third-order valence-electron chi connectivity index (χ3n) is 3.05. The molecule has 0 aliphatic heterocycles. The first kappa shape index (κ1) is 15.9. The van der Waals surface area contributed by atoms with Gasteiger partial charge in [0.15, 0.2) is 0 Å². The van der Waals surface area contributed by atoms with E-state index in [9.17, 15) is 4.79 Å². The predicted octanol–water partition coefficient (Wildman–Crippen LogP) is 5.19. The van der Waals surface area contributed by atoms with Crippen molar-refractivity contribution in [1.29, 1.82) is 0 Å². The third kappa shape index (κ3) is 4.51. The van der Waals surface area contributed by atoms with Crippen LogP contribution in [0.5, 0.6) is 0 Å². The lowest BCUT2D eigenvalue weighted by atomic mass is 10.0. The molecule has 2 nitrogen and oxygen atoms in total. The van der Waals surface area contributed by atoms with Crippen LogP contribution in [0.15, 0.2) is 53.4 Å². The fourth-order valence-corrected chi connectivity index (χ4v) is 3.04. The van der Waals surface area contributed by atoms with E-state index in [0.717, 1.165) is 16.1 Å². The lowest BCUT2D eigenvalue weighted by Crippen LogP contribution is -2.15. The number of amides is 1. The first-order valence-electron chi connectivity index (χ1n) is 6.84. The van der Waals surface area contributed by atoms with Crippen LogP contribution >= 0.6 is 23.4 Å². The van der Waals surface area contributed by atoms with Gasteiger partial charge in [0.05, 0.1) is 10.8 Å². The molecule has 4 heteroatoms. The Kier molecular flexibility index (Phi) is 5.71. The van der Waals surface area contributed by atoms with Crippen LogP contribution in [0.4, 0.5) is 5.69 Å². The number of hydrogen-bond acceptors (Lipinski definition) is 2. The summed E-state index contributed by atoms with van der Waals surface area (Å²) >= 11 is 7.53. The molecule has 1 N–H and O–H groups in total. The van der Waals surface area contributed by atoms with Gasteiger partial charge < -0.3 is 5.32 Å². The number of nitrogens with one attached hydrogen (secondary N) is 1. The number of carbonyl (C=O) groups excluding carboxylic acids is 1. The highest BCUT2D eigenvalue weighted by atomic mass is 35.5. The molecule has 2 rings (SSSR count). The van der Waals surface area contributed by atoms with Gasteiger partial charge in [-0.2, -0.15) is 0 Å². The van der Waals surface area contributed by atoms with E-state index in [4.69, 9.17) is 11.6 Å². The smallest absolute Gasteiger partial charge is 0.234 e. The molecule has 110 valence electrons. The minimum atomic E-state index is -0.0204. The van der Waals surface area contributed by atoms with E-state index in [-0.39, 0.29) is 5.91 Å². The Labute approximate surface area is 134 Å². The minimum Gasteiger partial charge on any atom is -0.325 e. The maximum Gasteiger partial charge on any atom is 0.234 e. The number of hydrogen-bond donors (Lipinski definition) is 1. The molecule has 2 aromatic carbocycles. The second-order valence-corrected chi connectivity index (χ2v) is 6.43. The highest BCUT2D eigenvalue weighted by Crippen LogP contribution is 2.27. The third-order valence-corrected chi connectivity index (χ3v) is 4.57. The number of benzene rings is 2. The van der Waals surface area contributed by atoms with E-state index >= 15 is 0 Å². The van der Waals surface area contributed by atoms with Gasteiger partial charge in [0, 0.05) is 10.6 Å². The molecule has 21 heavy (non-hydrogen) atoms. The summed E-state index contributed by atoms with van der Waals surface area (Å²) in [6.07, 6.45) is 0. The molecule has 0 aliphatic carbocycles. The van der Waals surface area contributed by atoms with Crippen molar-refractivity contribution in [3.8, 4) is 0 Å². The summed E-state index contributed by atoms with van der Waals surface area (Å²) in [5.74, 6) is 0.696. The van der Waals surface area contributed by atoms with Crippen molar-refractivity contribution in [3.05, 3.63) is 59.1 Å². The zero-order valence-electron chi connectivity index (χ0n) is 12.1. The van der Waals surface area contributed by atoms with Crippen LogP contribution in [0, 0.1) is 0 Å². The van der Waals surface area contributed by atoms with Gasteiger partial charge in [-0.25, -0.2) is 0 Å². The Morgan fingerprint density at radius 3 is 2.52 bits per heavy atom. The molecule has 0 bridgehead atoms. The molecule has 0 aliphatic rings. The first-order chi connectivity index (χ1) is 10.1. The van der Waals surface area contributed by atoms with Crippen molar-refractivity contribution >= 4 is 35.0 Å². The van der Waals surface area contributed by atoms with Gasteiger partial charge >= 0.3 is 0 Å².